The maximum absolute atomic E-state index is 13.5. The highest BCUT2D eigenvalue weighted by Crippen LogP contribution is 2.49. The average Bonchev–Trinajstić information content (AvgIpc) is 3.10. The van der Waals surface area contributed by atoms with Crippen molar-refractivity contribution in [3.8, 4) is 5.75 Å². The van der Waals surface area contributed by atoms with Crippen LogP contribution in [0.2, 0.25) is 0 Å². The van der Waals surface area contributed by atoms with Crippen molar-refractivity contribution in [1.82, 2.24) is 9.88 Å². The first-order chi connectivity index (χ1) is 14.1. The van der Waals surface area contributed by atoms with Crippen LogP contribution in [0.25, 0.3) is 10.9 Å². The van der Waals surface area contributed by atoms with Gasteiger partial charge in [0.1, 0.15) is 11.7 Å². The zero-order valence-electron chi connectivity index (χ0n) is 17.1. The average molecular weight is 394 g/mol. The summed E-state index contributed by atoms with van der Waals surface area (Å²) in [6.45, 7) is 5.16. The molecule has 3 aliphatic rings. The molecule has 0 bridgehead atoms. The van der Waals surface area contributed by atoms with Gasteiger partial charge in [-0.15, -0.1) is 0 Å². The van der Waals surface area contributed by atoms with Gasteiger partial charge in [0.05, 0.1) is 30.6 Å². The Morgan fingerprint density at radius 3 is 2.90 bits per heavy atom. The van der Waals surface area contributed by atoms with Gasteiger partial charge < -0.3 is 19.1 Å². The Morgan fingerprint density at radius 1 is 1.28 bits per heavy atom. The fraction of sp³-hybridized carbons (Fsp3) is 0.478. The molecule has 1 fully saturated rings. The molecular formula is C23H26N2O4. The van der Waals surface area contributed by atoms with Gasteiger partial charge in [-0.1, -0.05) is 6.92 Å². The number of hydrogen-bond acceptors (Lipinski definition) is 5. The first kappa shape index (κ1) is 18.4. The Morgan fingerprint density at radius 2 is 2.14 bits per heavy atom. The molecule has 1 aromatic carbocycles. The van der Waals surface area contributed by atoms with Crippen LogP contribution in [-0.4, -0.2) is 35.8 Å². The highest BCUT2D eigenvalue weighted by atomic mass is 16.7. The minimum Gasteiger partial charge on any atom is -0.497 e. The largest absolute Gasteiger partial charge is 0.497 e. The van der Waals surface area contributed by atoms with Gasteiger partial charge in [0.2, 0.25) is 12.2 Å². The van der Waals surface area contributed by atoms with E-state index in [4.69, 9.17) is 19.2 Å². The maximum atomic E-state index is 13.5. The third-order valence-corrected chi connectivity index (χ3v) is 6.51. The Balaban J connectivity index is 1.55. The van der Waals surface area contributed by atoms with E-state index in [1.54, 1.807) is 7.11 Å². The maximum Gasteiger partial charge on any atom is 0.233 e. The van der Waals surface area contributed by atoms with Crippen molar-refractivity contribution in [2.24, 2.45) is 11.8 Å². The van der Waals surface area contributed by atoms with E-state index in [9.17, 15) is 4.79 Å². The molecule has 1 saturated heterocycles. The molecule has 3 aliphatic heterocycles. The van der Waals surface area contributed by atoms with Crippen molar-refractivity contribution in [1.29, 1.82) is 0 Å². The second-order valence-electron chi connectivity index (χ2n) is 7.95. The van der Waals surface area contributed by atoms with Crippen LogP contribution in [-0.2, 0) is 20.8 Å². The molecule has 0 unspecified atom stereocenters. The molecule has 4 heterocycles. The van der Waals surface area contributed by atoms with E-state index in [-0.39, 0.29) is 23.8 Å². The van der Waals surface area contributed by atoms with Crippen LogP contribution in [0.3, 0.4) is 0 Å². The van der Waals surface area contributed by atoms with Crippen molar-refractivity contribution in [2.45, 2.75) is 45.6 Å². The minimum atomic E-state index is -0.506. The summed E-state index contributed by atoms with van der Waals surface area (Å²) >= 11 is 0. The lowest BCUT2D eigenvalue weighted by Gasteiger charge is -2.45. The molecule has 6 heteroatoms. The molecule has 29 heavy (non-hydrogen) atoms. The van der Waals surface area contributed by atoms with E-state index in [1.165, 1.54) is 5.57 Å². The van der Waals surface area contributed by atoms with Crippen molar-refractivity contribution in [3.05, 3.63) is 47.4 Å². The first-order valence-corrected chi connectivity index (χ1v) is 10.4. The second kappa shape index (κ2) is 7.02. The third kappa shape index (κ3) is 2.81. The molecule has 2 aromatic rings. The number of benzene rings is 1. The van der Waals surface area contributed by atoms with Crippen molar-refractivity contribution in [3.63, 3.8) is 0 Å². The van der Waals surface area contributed by atoms with Crippen LogP contribution in [0.4, 0.5) is 0 Å². The molecule has 0 N–H and O–H groups in total. The number of rotatable bonds is 4. The standard InChI is InChI=1S/C23H26N2O4/c1-4-13-12-29-23(28-5-2)20-17(13)10-19-21-15(11-25(19)22(20)26)8-14-9-16(27-3)6-7-18(14)24-21/h6-9,12,17,19-20,23H,4-5,10-11H2,1-3H3/t17-,19-,20-,23+/m0/s1. The van der Waals surface area contributed by atoms with Crippen LogP contribution in [0.5, 0.6) is 5.75 Å². The number of piperidine rings is 1. The lowest BCUT2D eigenvalue weighted by molar-refractivity contribution is -0.188. The van der Waals surface area contributed by atoms with Crippen LogP contribution in [0.15, 0.2) is 36.1 Å². The zero-order chi connectivity index (χ0) is 20.1. The predicted molar refractivity (Wildman–Crippen MR) is 108 cm³/mol. The number of allylic oxidation sites excluding steroid dienone is 1. The summed E-state index contributed by atoms with van der Waals surface area (Å²) in [5, 5.41) is 1.04. The van der Waals surface area contributed by atoms with Gasteiger partial charge in [0.25, 0.3) is 0 Å². The van der Waals surface area contributed by atoms with Crippen molar-refractivity contribution < 1.29 is 19.0 Å². The van der Waals surface area contributed by atoms with Gasteiger partial charge in [0, 0.05) is 24.5 Å². The minimum absolute atomic E-state index is 0.0144. The quantitative estimate of drug-likeness (QED) is 0.786. The van der Waals surface area contributed by atoms with Crippen molar-refractivity contribution >= 4 is 16.8 Å². The topological polar surface area (TPSA) is 60.9 Å². The number of ether oxygens (including phenoxy) is 3. The van der Waals surface area contributed by atoms with Crippen molar-refractivity contribution in [2.75, 3.05) is 13.7 Å². The van der Waals surface area contributed by atoms with E-state index in [1.807, 2.05) is 36.3 Å². The number of carbonyl (C=O) groups excluding carboxylic acids is 1. The number of nitrogens with zero attached hydrogens (tertiary/aromatic N) is 2. The van der Waals surface area contributed by atoms with Gasteiger partial charge in [-0.2, -0.15) is 0 Å². The first-order valence-electron chi connectivity index (χ1n) is 10.4. The SMILES string of the molecule is CCO[C@@H]1OC=C(CC)[C@@H]2C[C@H]3c4nc5ccc(OC)cc5cc4CN3C(=O)[C@@H]12. The number of pyridine rings is 1. The van der Waals surface area contributed by atoms with E-state index >= 15 is 0 Å². The molecule has 0 saturated carbocycles. The molecule has 152 valence electrons. The Kier molecular flexibility index (Phi) is 4.46. The zero-order valence-corrected chi connectivity index (χ0v) is 17.1. The molecular weight excluding hydrogens is 368 g/mol. The number of methoxy groups -OCH3 is 1. The second-order valence-corrected chi connectivity index (χ2v) is 7.95. The third-order valence-electron chi connectivity index (χ3n) is 6.51. The van der Waals surface area contributed by atoms with Crippen LogP contribution in [0.1, 0.15) is 44.0 Å². The molecule has 6 nitrogen and oxygen atoms in total. The van der Waals surface area contributed by atoms with Gasteiger partial charge in [-0.05, 0) is 55.2 Å². The number of carbonyl (C=O) groups is 1. The summed E-state index contributed by atoms with van der Waals surface area (Å²) in [4.78, 5) is 20.5. The number of aromatic nitrogens is 1. The lowest BCUT2D eigenvalue weighted by Crippen LogP contribution is -2.52. The Bertz CT molecular complexity index is 1000. The van der Waals surface area contributed by atoms with Gasteiger partial charge in [-0.3, -0.25) is 9.78 Å². The number of amides is 1. The Labute approximate surface area is 170 Å². The smallest absolute Gasteiger partial charge is 0.233 e. The lowest BCUT2D eigenvalue weighted by atomic mass is 9.75. The summed E-state index contributed by atoms with van der Waals surface area (Å²) in [6.07, 6.45) is 3.05. The molecule has 0 spiro atoms. The van der Waals surface area contributed by atoms with E-state index < -0.39 is 6.29 Å². The fourth-order valence-corrected chi connectivity index (χ4v) is 5.09. The van der Waals surface area contributed by atoms with Crippen LogP contribution < -0.4 is 4.74 Å². The Hall–Kier alpha value is -2.60. The van der Waals surface area contributed by atoms with Crippen LogP contribution in [0, 0.1) is 11.8 Å². The number of fused-ring (bicyclic) bond motifs is 5. The summed E-state index contributed by atoms with van der Waals surface area (Å²) < 4.78 is 17.0. The fourth-order valence-electron chi connectivity index (χ4n) is 5.09. The number of hydrogen-bond donors (Lipinski definition) is 0. The monoisotopic (exact) mass is 394 g/mol. The van der Waals surface area contributed by atoms with E-state index in [2.05, 4.69) is 13.0 Å². The van der Waals surface area contributed by atoms with Gasteiger partial charge in [0.15, 0.2) is 0 Å². The van der Waals surface area contributed by atoms with E-state index in [0.29, 0.717) is 13.2 Å². The van der Waals surface area contributed by atoms with Gasteiger partial charge >= 0.3 is 0 Å². The summed E-state index contributed by atoms with van der Waals surface area (Å²) in [5.41, 5.74) is 4.28. The summed E-state index contributed by atoms with van der Waals surface area (Å²) in [6, 6.07) is 8.09. The van der Waals surface area contributed by atoms with Gasteiger partial charge in [-0.25, -0.2) is 0 Å². The molecule has 0 radical (unpaired) electrons. The molecule has 5 rings (SSSR count). The highest BCUT2D eigenvalue weighted by molar-refractivity contribution is 5.85. The molecule has 1 aromatic heterocycles. The van der Waals surface area contributed by atoms with Crippen LogP contribution >= 0.6 is 0 Å². The summed E-state index contributed by atoms with van der Waals surface area (Å²) in [7, 11) is 1.67. The highest BCUT2D eigenvalue weighted by Gasteiger charge is 2.52. The summed E-state index contributed by atoms with van der Waals surface area (Å²) in [5.74, 6) is 0.781. The molecule has 1 amide bonds. The molecule has 4 atom stereocenters. The van der Waals surface area contributed by atoms with E-state index in [0.717, 1.165) is 40.8 Å². The normalized spacial score (nSPS) is 27.8. The predicted octanol–water partition coefficient (Wildman–Crippen LogP) is 3.95. The molecule has 0 aliphatic carbocycles.